The molecule has 0 saturated carbocycles. The van der Waals surface area contributed by atoms with Crippen LogP contribution in [-0.2, 0) is 21.2 Å². The molecule has 2 aromatic rings. The van der Waals surface area contributed by atoms with Gasteiger partial charge in [-0.1, -0.05) is 26.0 Å². The van der Waals surface area contributed by atoms with E-state index in [1.165, 1.54) is 0 Å². The van der Waals surface area contributed by atoms with E-state index in [1.54, 1.807) is 42.3 Å². The average molecular weight is 358 g/mol. The predicted molar refractivity (Wildman–Crippen MR) is 99.5 cm³/mol. The maximum absolute atomic E-state index is 12.7. The van der Waals surface area contributed by atoms with Gasteiger partial charge in [0.15, 0.2) is 0 Å². The molecule has 1 heterocycles. The minimum Gasteiger partial charge on any atom is -0.315 e. The fraction of sp³-hybridized carbons (Fsp3) is 0.316. The summed E-state index contributed by atoms with van der Waals surface area (Å²) in [6.07, 6.45) is 0.960. The molecule has 1 aliphatic rings. The highest BCUT2D eigenvalue weighted by Crippen LogP contribution is 2.29. The number of nitrogens with zero attached hydrogens (tertiary/aromatic N) is 1. The van der Waals surface area contributed by atoms with E-state index in [0.29, 0.717) is 24.4 Å². The molecule has 0 fully saturated rings. The summed E-state index contributed by atoms with van der Waals surface area (Å²) in [4.78, 5) is 13.5. The molecule has 25 heavy (non-hydrogen) atoms. The SMILES string of the molecule is CC(C)c1ccc(NS(=O)(=O)c2ccc3c(c2)CCC(=O)N3C)cc1. The highest BCUT2D eigenvalue weighted by Gasteiger charge is 2.23. The van der Waals surface area contributed by atoms with Crippen LogP contribution in [0.25, 0.3) is 0 Å². The largest absolute Gasteiger partial charge is 0.315 e. The van der Waals surface area contributed by atoms with Crippen LogP contribution in [-0.4, -0.2) is 21.4 Å². The lowest BCUT2D eigenvalue weighted by atomic mass is 10.0. The lowest BCUT2D eigenvalue weighted by Gasteiger charge is -2.26. The number of hydrogen-bond donors (Lipinski definition) is 1. The van der Waals surface area contributed by atoms with Crippen LogP contribution in [0.4, 0.5) is 11.4 Å². The second-order valence-electron chi connectivity index (χ2n) is 6.63. The quantitative estimate of drug-likeness (QED) is 0.909. The van der Waals surface area contributed by atoms with Gasteiger partial charge in [-0.15, -0.1) is 0 Å². The first-order chi connectivity index (χ1) is 11.8. The maximum atomic E-state index is 12.7. The third kappa shape index (κ3) is 3.54. The number of aryl methyl sites for hydroxylation is 1. The van der Waals surface area contributed by atoms with Gasteiger partial charge in [0, 0.05) is 24.8 Å². The Hall–Kier alpha value is -2.34. The second kappa shape index (κ2) is 6.52. The number of rotatable bonds is 4. The van der Waals surface area contributed by atoms with Crippen molar-refractivity contribution in [1.29, 1.82) is 0 Å². The van der Waals surface area contributed by atoms with Crippen molar-refractivity contribution in [2.24, 2.45) is 0 Å². The number of benzene rings is 2. The number of anilines is 2. The van der Waals surface area contributed by atoms with Crippen molar-refractivity contribution < 1.29 is 13.2 Å². The minimum atomic E-state index is -3.66. The maximum Gasteiger partial charge on any atom is 0.261 e. The van der Waals surface area contributed by atoms with E-state index < -0.39 is 10.0 Å². The Balaban J connectivity index is 1.86. The summed E-state index contributed by atoms with van der Waals surface area (Å²) >= 11 is 0. The average Bonchev–Trinajstić information content (AvgIpc) is 2.58. The summed E-state index contributed by atoms with van der Waals surface area (Å²) in [7, 11) is -1.95. The topological polar surface area (TPSA) is 66.5 Å². The summed E-state index contributed by atoms with van der Waals surface area (Å²) in [6, 6.07) is 12.3. The fourth-order valence-corrected chi connectivity index (χ4v) is 4.06. The lowest BCUT2D eigenvalue weighted by molar-refractivity contribution is -0.118. The molecule has 1 N–H and O–H groups in total. The van der Waals surface area contributed by atoms with Gasteiger partial charge in [-0.05, 0) is 53.8 Å². The first-order valence-electron chi connectivity index (χ1n) is 8.30. The molecule has 6 heteroatoms. The fourth-order valence-electron chi connectivity index (χ4n) is 2.95. The highest BCUT2D eigenvalue weighted by molar-refractivity contribution is 7.92. The third-order valence-corrected chi connectivity index (χ3v) is 5.91. The van der Waals surface area contributed by atoms with Crippen molar-refractivity contribution in [1.82, 2.24) is 0 Å². The Morgan fingerprint density at radius 3 is 2.36 bits per heavy atom. The van der Waals surface area contributed by atoms with Gasteiger partial charge in [0.1, 0.15) is 0 Å². The van der Waals surface area contributed by atoms with E-state index in [0.717, 1.165) is 16.8 Å². The zero-order chi connectivity index (χ0) is 18.2. The van der Waals surface area contributed by atoms with Crippen LogP contribution in [0, 0.1) is 0 Å². The lowest BCUT2D eigenvalue weighted by Crippen LogP contribution is -2.31. The van der Waals surface area contributed by atoms with Crippen molar-refractivity contribution >= 4 is 27.3 Å². The number of fused-ring (bicyclic) bond motifs is 1. The molecular weight excluding hydrogens is 336 g/mol. The van der Waals surface area contributed by atoms with Crippen LogP contribution < -0.4 is 9.62 Å². The Morgan fingerprint density at radius 2 is 1.72 bits per heavy atom. The van der Waals surface area contributed by atoms with Gasteiger partial charge in [-0.25, -0.2) is 8.42 Å². The first kappa shape index (κ1) is 17.5. The van der Waals surface area contributed by atoms with E-state index in [4.69, 9.17) is 0 Å². The molecule has 2 aromatic carbocycles. The van der Waals surface area contributed by atoms with Gasteiger partial charge < -0.3 is 4.90 Å². The van der Waals surface area contributed by atoms with Gasteiger partial charge in [0.05, 0.1) is 4.90 Å². The van der Waals surface area contributed by atoms with Crippen molar-refractivity contribution in [2.45, 2.75) is 37.5 Å². The normalized spacial score (nSPS) is 14.6. The van der Waals surface area contributed by atoms with Gasteiger partial charge >= 0.3 is 0 Å². The molecular formula is C19H22N2O3S. The predicted octanol–water partition coefficient (Wildman–Crippen LogP) is 3.52. The van der Waals surface area contributed by atoms with Crippen LogP contribution >= 0.6 is 0 Å². The summed E-state index contributed by atoms with van der Waals surface area (Å²) in [6.45, 7) is 4.18. The second-order valence-corrected chi connectivity index (χ2v) is 8.31. The van der Waals surface area contributed by atoms with Crippen molar-refractivity contribution in [3.05, 3.63) is 53.6 Å². The molecule has 0 radical (unpaired) electrons. The Bertz CT molecular complexity index is 903. The van der Waals surface area contributed by atoms with Gasteiger partial charge in [0.25, 0.3) is 10.0 Å². The number of carbonyl (C=O) groups excluding carboxylic acids is 1. The van der Waals surface area contributed by atoms with Crippen LogP contribution in [0.15, 0.2) is 47.4 Å². The molecule has 0 unspecified atom stereocenters. The van der Waals surface area contributed by atoms with Crippen molar-refractivity contribution in [3.63, 3.8) is 0 Å². The molecule has 0 spiro atoms. The summed E-state index contributed by atoms with van der Waals surface area (Å²) in [5, 5.41) is 0. The van der Waals surface area contributed by atoms with Crippen molar-refractivity contribution in [2.75, 3.05) is 16.7 Å². The Kier molecular flexibility index (Phi) is 4.56. The Morgan fingerprint density at radius 1 is 1.04 bits per heavy atom. The highest BCUT2D eigenvalue weighted by atomic mass is 32.2. The van der Waals surface area contributed by atoms with Crippen LogP contribution in [0.2, 0.25) is 0 Å². The van der Waals surface area contributed by atoms with Crippen LogP contribution in [0.3, 0.4) is 0 Å². The number of hydrogen-bond acceptors (Lipinski definition) is 3. The molecule has 1 aliphatic heterocycles. The van der Waals surface area contributed by atoms with E-state index in [1.807, 2.05) is 12.1 Å². The van der Waals surface area contributed by atoms with Gasteiger partial charge in [-0.2, -0.15) is 0 Å². The van der Waals surface area contributed by atoms with E-state index in [9.17, 15) is 13.2 Å². The standard InChI is InChI=1S/C19H22N2O3S/c1-13(2)14-4-7-16(8-5-14)20-25(23,24)17-9-10-18-15(12-17)6-11-19(22)21(18)3/h4-5,7-10,12-13,20H,6,11H2,1-3H3. The zero-order valence-corrected chi connectivity index (χ0v) is 15.4. The van der Waals surface area contributed by atoms with E-state index in [-0.39, 0.29) is 10.8 Å². The Labute approximate surface area is 148 Å². The van der Waals surface area contributed by atoms with Gasteiger partial charge in [-0.3, -0.25) is 9.52 Å². The van der Waals surface area contributed by atoms with E-state index >= 15 is 0 Å². The molecule has 0 atom stereocenters. The van der Waals surface area contributed by atoms with Crippen LogP contribution in [0.1, 0.15) is 37.3 Å². The number of sulfonamides is 1. The first-order valence-corrected chi connectivity index (χ1v) is 9.78. The molecule has 0 saturated heterocycles. The van der Waals surface area contributed by atoms with Crippen LogP contribution in [0.5, 0.6) is 0 Å². The molecule has 0 aromatic heterocycles. The smallest absolute Gasteiger partial charge is 0.261 e. The van der Waals surface area contributed by atoms with Gasteiger partial charge in [0.2, 0.25) is 5.91 Å². The summed E-state index contributed by atoms with van der Waals surface area (Å²) < 4.78 is 27.9. The molecule has 1 amide bonds. The molecule has 132 valence electrons. The number of carbonyl (C=O) groups is 1. The molecule has 5 nitrogen and oxygen atoms in total. The monoisotopic (exact) mass is 358 g/mol. The molecule has 0 aliphatic carbocycles. The number of nitrogens with one attached hydrogen (secondary N) is 1. The van der Waals surface area contributed by atoms with Crippen molar-refractivity contribution in [3.8, 4) is 0 Å². The molecule has 3 rings (SSSR count). The van der Waals surface area contributed by atoms with E-state index in [2.05, 4.69) is 18.6 Å². The third-order valence-electron chi connectivity index (χ3n) is 4.53. The summed E-state index contributed by atoms with van der Waals surface area (Å²) in [5.74, 6) is 0.442. The zero-order valence-electron chi connectivity index (χ0n) is 14.6. The molecule has 0 bridgehead atoms. The minimum absolute atomic E-state index is 0.0477. The number of amides is 1. The summed E-state index contributed by atoms with van der Waals surface area (Å²) in [5.41, 5.74) is 3.34.